The second kappa shape index (κ2) is 8.47. The summed E-state index contributed by atoms with van der Waals surface area (Å²) in [7, 11) is 6.65. The molecular weight excluding hydrogens is 316 g/mol. The van der Waals surface area contributed by atoms with Gasteiger partial charge in [-0.25, -0.2) is 0 Å². The van der Waals surface area contributed by atoms with Gasteiger partial charge in [0, 0.05) is 11.6 Å². The van der Waals surface area contributed by atoms with Gasteiger partial charge in [-0.05, 0) is 41.3 Å². The average molecular weight is 342 g/mol. The molecule has 0 N–H and O–H groups in total. The van der Waals surface area contributed by atoms with Crippen molar-refractivity contribution in [1.29, 1.82) is 0 Å². The zero-order chi connectivity index (χ0) is 18.4. The molecule has 0 spiro atoms. The normalized spacial score (nSPS) is 11.0. The summed E-state index contributed by atoms with van der Waals surface area (Å²) in [6, 6.07) is 9.80. The molecule has 0 atom stereocenters. The van der Waals surface area contributed by atoms with E-state index in [1.54, 1.807) is 28.4 Å². The highest BCUT2D eigenvalue weighted by Crippen LogP contribution is 2.37. The SMILES string of the molecule is COc1cc(/C=C/c2cc(OC)c(C(C)C)c(OC)c2)cc(OC)c1. The molecule has 0 unspecified atom stereocenters. The molecule has 0 aliphatic heterocycles. The van der Waals surface area contributed by atoms with E-state index in [4.69, 9.17) is 18.9 Å². The van der Waals surface area contributed by atoms with E-state index in [9.17, 15) is 0 Å². The van der Waals surface area contributed by atoms with E-state index in [2.05, 4.69) is 13.8 Å². The van der Waals surface area contributed by atoms with E-state index < -0.39 is 0 Å². The van der Waals surface area contributed by atoms with E-state index in [1.165, 1.54) is 0 Å². The van der Waals surface area contributed by atoms with Crippen molar-refractivity contribution >= 4 is 12.2 Å². The summed E-state index contributed by atoms with van der Waals surface area (Å²) in [6.07, 6.45) is 4.03. The molecule has 0 radical (unpaired) electrons. The Labute approximate surface area is 150 Å². The van der Waals surface area contributed by atoms with Crippen molar-refractivity contribution in [3.63, 3.8) is 0 Å². The van der Waals surface area contributed by atoms with Crippen LogP contribution in [0.15, 0.2) is 30.3 Å². The van der Waals surface area contributed by atoms with Crippen LogP contribution < -0.4 is 18.9 Å². The predicted octanol–water partition coefficient (Wildman–Crippen LogP) is 5.01. The van der Waals surface area contributed by atoms with Crippen LogP contribution in [0.2, 0.25) is 0 Å². The van der Waals surface area contributed by atoms with Crippen LogP contribution in [-0.2, 0) is 0 Å². The Kier molecular flexibility index (Phi) is 6.34. The largest absolute Gasteiger partial charge is 0.497 e. The molecule has 4 heteroatoms. The Morgan fingerprint density at radius 2 is 1.08 bits per heavy atom. The minimum absolute atomic E-state index is 0.311. The van der Waals surface area contributed by atoms with Crippen molar-refractivity contribution in [1.82, 2.24) is 0 Å². The van der Waals surface area contributed by atoms with E-state index in [0.717, 1.165) is 39.7 Å². The van der Waals surface area contributed by atoms with Gasteiger partial charge >= 0.3 is 0 Å². The van der Waals surface area contributed by atoms with Gasteiger partial charge in [-0.15, -0.1) is 0 Å². The minimum atomic E-state index is 0.311. The Morgan fingerprint density at radius 3 is 1.44 bits per heavy atom. The topological polar surface area (TPSA) is 36.9 Å². The summed E-state index contributed by atoms with van der Waals surface area (Å²) in [6.45, 7) is 4.25. The monoisotopic (exact) mass is 342 g/mol. The second-order valence-corrected chi connectivity index (χ2v) is 5.97. The van der Waals surface area contributed by atoms with E-state index >= 15 is 0 Å². The maximum atomic E-state index is 5.56. The Bertz CT molecular complexity index is 700. The summed E-state index contributed by atoms with van der Waals surface area (Å²) >= 11 is 0. The standard InChI is InChI=1S/C21H26O4/c1-14(2)21-19(24-5)11-16(12-20(21)25-6)8-7-15-9-17(22-3)13-18(10-15)23-4/h7-14H,1-6H3/b8-7+. The third kappa shape index (κ3) is 4.47. The van der Waals surface area contributed by atoms with Crippen LogP contribution in [0, 0.1) is 0 Å². The van der Waals surface area contributed by atoms with E-state index in [1.807, 2.05) is 42.5 Å². The van der Waals surface area contributed by atoms with E-state index in [0.29, 0.717) is 5.92 Å². The van der Waals surface area contributed by atoms with Gasteiger partial charge < -0.3 is 18.9 Å². The maximum Gasteiger partial charge on any atom is 0.126 e. The van der Waals surface area contributed by atoms with Crippen LogP contribution >= 0.6 is 0 Å². The molecule has 0 aliphatic carbocycles. The maximum absolute atomic E-state index is 5.56. The second-order valence-electron chi connectivity index (χ2n) is 5.97. The molecule has 134 valence electrons. The summed E-state index contributed by atoms with van der Waals surface area (Å²) in [5, 5.41) is 0. The van der Waals surface area contributed by atoms with Crippen LogP contribution in [0.3, 0.4) is 0 Å². The molecule has 2 rings (SSSR count). The van der Waals surface area contributed by atoms with Gasteiger partial charge in [-0.3, -0.25) is 0 Å². The third-order valence-electron chi connectivity index (χ3n) is 3.99. The van der Waals surface area contributed by atoms with Gasteiger partial charge in [0.05, 0.1) is 28.4 Å². The fourth-order valence-electron chi connectivity index (χ4n) is 2.74. The highest BCUT2D eigenvalue weighted by atomic mass is 16.5. The minimum Gasteiger partial charge on any atom is -0.497 e. The first-order valence-corrected chi connectivity index (χ1v) is 8.19. The number of benzene rings is 2. The van der Waals surface area contributed by atoms with Crippen LogP contribution in [0.1, 0.15) is 36.5 Å². The van der Waals surface area contributed by atoms with Crippen molar-refractivity contribution in [2.24, 2.45) is 0 Å². The van der Waals surface area contributed by atoms with Gasteiger partial charge in [0.15, 0.2) is 0 Å². The summed E-state index contributed by atoms with van der Waals surface area (Å²) < 4.78 is 21.7. The first-order chi connectivity index (χ1) is 12.0. The highest BCUT2D eigenvalue weighted by molar-refractivity contribution is 5.73. The zero-order valence-electron chi connectivity index (χ0n) is 15.8. The smallest absolute Gasteiger partial charge is 0.126 e. The average Bonchev–Trinajstić information content (AvgIpc) is 2.64. The zero-order valence-corrected chi connectivity index (χ0v) is 15.8. The van der Waals surface area contributed by atoms with E-state index in [-0.39, 0.29) is 0 Å². The fraction of sp³-hybridized carbons (Fsp3) is 0.333. The molecule has 0 heterocycles. The molecule has 0 saturated heterocycles. The molecule has 25 heavy (non-hydrogen) atoms. The first kappa shape index (κ1) is 18.7. The van der Waals surface area contributed by atoms with Gasteiger partial charge in [0.1, 0.15) is 23.0 Å². The lowest BCUT2D eigenvalue weighted by atomic mass is 9.98. The molecule has 0 saturated carbocycles. The summed E-state index contributed by atoms with van der Waals surface area (Å²) in [4.78, 5) is 0. The van der Waals surface area contributed by atoms with Crippen LogP contribution in [0.5, 0.6) is 23.0 Å². The molecule has 4 nitrogen and oxygen atoms in total. The van der Waals surface area contributed by atoms with Crippen molar-refractivity contribution in [2.75, 3.05) is 28.4 Å². The molecule has 0 fully saturated rings. The number of hydrogen-bond donors (Lipinski definition) is 0. The van der Waals surface area contributed by atoms with Crippen molar-refractivity contribution < 1.29 is 18.9 Å². The van der Waals surface area contributed by atoms with Crippen LogP contribution in [0.4, 0.5) is 0 Å². The van der Waals surface area contributed by atoms with Crippen molar-refractivity contribution in [3.05, 3.63) is 47.0 Å². The third-order valence-corrected chi connectivity index (χ3v) is 3.99. The number of rotatable bonds is 7. The van der Waals surface area contributed by atoms with Crippen LogP contribution in [0.25, 0.3) is 12.2 Å². The number of hydrogen-bond acceptors (Lipinski definition) is 4. The quantitative estimate of drug-likeness (QED) is 0.663. The van der Waals surface area contributed by atoms with Gasteiger partial charge in [0.2, 0.25) is 0 Å². The van der Waals surface area contributed by atoms with Gasteiger partial charge in [-0.1, -0.05) is 26.0 Å². The number of methoxy groups -OCH3 is 4. The van der Waals surface area contributed by atoms with Crippen molar-refractivity contribution in [2.45, 2.75) is 19.8 Å². The predicted molar refractivity (Wildman–Crippen MR) is 102 cm³/mol. The molecule has 0 aromatic heterocycles. The Morgan fingerprint density at radius 1 is 0.640 bits per heavy atom. The summed E-state index contributed by atoms with van der Waals surface area (Å²) in [5.74, 6) is 3.48. The number of ether oxygens (including phenoxy) is 4. The highest BCUT2D eigenvalue weighted by Gasteiger charge is 2.15. The van der Waals surface area contributed by atoms with Gasteiger partial charge in [0.25, 0.3) is 0 Å². The fourth-order valence-corrected chi connectivity index (χ4v) is 2.74. The molecule has 2 aromatic rings. The first-order valence-electron chi connectivity index (χ1n) is 8.19. The lowest BCUT2D eigenvalue weighted by molar-refractivity contribution is 0.382. The molecule has 0 bridgehead atoms. The summed E-state index contributed by atoms with van der Waals surface area (Å²) in [5.41, 5.74) is 3.06. The Hall–Kier alpha value is -2.62. The molecular formula is C21H26O4. The Balaban J connectivity index is 2.41. The molecule has 2 aromatic carbocycles. The molecule has 0 amide bonds. The van der Waals surface area contributed by atoms with Crippen molar-refractivity contribution in [3.8, 4) is 23.0 Å². The van der Waals surface area contributed by atoms with Gasteiger partial charge in [-0.2, -0.15) is 0 Å². The lowest BCUT2D eigenvalue weighted by Gasteiger charge is -2.17. The van der Waals surface area contributed by atoms with Crippen LogP contribution in [-0.4, -0.2) is 28.4 Å². The molecule has 0 aliphatic rings. The lowest BCUT2D eigenvalue weighted by Crippen LogP contribution is -1.99.